The number of halogens is 1. The minimum absolute atomic E-state index is 0.0940. The molecule has 0 fully saturated rings. The molecule has 20 heavy (non-hydrogen) atoms. The lowest BCUT2D eigenvalue weighted by Gasteiger charge is -2.31. The summed E-state index contributed by atoms with van der Waals surface area (Å²) in [5.41, 5.74) is 7.56. The van der Waals surface area contributed by atoms with E-state index in [2.05, 4.69) is 29.9 Å². The third kappa shape index (κ3) is 3.79. The van der Waals surface area contributed by atoms with Crippen molar-refractivity contribution in [3.05, 3.63) is 51.4 Å². The van der Waals surface area contributed by atoms with Crippen LogP contribution in [0.4, 0.5) is 0 Å². The number of nitrogens with zero attached hydrogens (tertiary/aromatic N) is 2. The molecule has 0 amide bonds. The number of likely N-dealkylation sites (N-methyl/N-ethyl adjacent to an activating group) is 1. The highest BCUT2D eigenvalue weighted by Crippen LogP contribution is 2.33. The van der Waals surface area contributed by atoms with Gasteiger partial charge in [0.25, 0.3) is 0 Å². The first-order chi connectivity index (χ1) is 9.61. The summed E-state index contributed by atoms with van der Waals surface area (Å²) in [6.45, 7) is 2.96. The van der Waals surface area contributed by atoms with Gasteiger partial charge in [-0.05, 0) is 43.3 Å². The average molecular weight is 310 g/mol. The molecule has 108 valence electrons. The Labute approximate surface area is 129 Å². The molecular weight excluding hydrogens is 290 g/mol. The number of pyridine rings is 1. The monoisotopic (exact) mass is 309 g/mol. The van der Waals surface area contributed by atoms with Crippen molar-refractivity contribution >= 4 is 22.9 Å². The molecule has 2 unspecified atom stereocenters. The van der Waals surface area contributed by atoms with Crippen molar-refractivity contribution in [2.24, 2.45) is 5.73 Å². The van der Waals surface area contributed by atoms with E-state index in [1.807, 2.05) is 30.6 Å². The van der Waals surface area contributed by atoms with E-state index in [0.29, 0.717) is 0 Å². The third-order valence-electron chi connectivity index (χ3n) is 3.42. The summed E-state index contributed by atoms with van der Waals surface area (Å²) in [5.74, 6) is 0. The van der Waals surface area contributed by atoms with E-state index in [9.17, 15) is 0 Å². The maximum absolute atomic E-state index is 6.32. The van der Waals surface area contributed by atoms with Crippen molar-refractivity contribution in [1.82, 2.24) is 9.88 Å². The summed E-state index contributed by atoms with van der Waals surface area (Å²) in [4.78, 5) is 7.56. The molecule has 2 atom stereocenters. The standard InChI is InChI=1S/C15H20ClN3S/c1-3-12(17)15(13-4-5-14(16)20-13)19(2)10-11-6-8-18-9-7-11/h4-9,12,15H,3,10,17H2,1-2H3. The molecule has 0 aliphatic carbocycles. The maximum Gasteiger partial charge on any atom is 0.0931 e. The van der Waals surface area contributed by atoms with E-state index in [-0.39, 0.29) is 12.1 Å². The second-order valence-electron chi connectivity index (χ2n) is 4.93. The van der Waals surface area contributed by atoms with Crippen LogP contribution in [0.1, 0.15) is 29.8 Å². The largest absolute Gasteiger partial charge is 0.326 e. The Hall–Kier alpha value is -0.940. The Morgan fingerprint density at radius 2 is 2.00 bits per heavy atom. The van der Waals surface area contributed by atoms with Crippen LogP contribution in [-0.4, -0.2) is 23.0 Å². The van der Waals surface area contributed by atoms with Crippen molar-refractivity contribution in [3.63, 3.8) is 0 Å². The normalized spacial score (nSPS) is 14.4. The highest BCUT2D eigenvalue weighted by molar-refractivity contribution is 7.16. The van der Waals surface area contributed by atoms with Crippen LogP contribution in [0.5, 0.6) is 0 Å². The van der Waals surface area contributed by atoms with Crippen LogP contribution >= 0.6 is 22.9 Å². The number of aromatic nitrogens is 1. The molecular formula is C15H20ClN3S. The van der Waals surface area contributed by atoms with E-state index in [0.717, 1.165) is 17.3 Å². The zero-order chi connectivity index (χ0) is 14.5. The summed E-state index contributed by atoms with van der Waals surface area (Å²) in [7, 11) is 2.11. The van der Waals surface area contributed by atoms with Gasteiger partial charge in [0.1, 0.15) is 0 Å². The molecule has 0 spiro atoms. The first kappa shape index (κ1) is 15.4. The predicted molar refractivity (Wildman–Crippen MR) is 86.0 cm³/mol. The molecule has 0 aliphatic rings. The lowest BCUT2D eigenvalue weighted by Crippen LogP contribution is -2.38. The highest BCUT2D eigenvalue weighted by atomic mass is 35.5. The molecule has 3 nitrogen and oxygen atoms in total. The van der Waals surface area contributed by atoms with Crippen LogP contribution in [0.15, 0.2) is 36.7 Å². The van der Waals surface area contributed by atoms with Crippen LogP contribution < -0.4 is 5.73 Å². The van der Waals surface area contributed by atoms with Crippen LogP contribution in [0.25, 0.3) is 0 Å². The second-order valence-corrected chi connectivity index (χ2v) is 6.68. The van der Waals surface area contributed by atoms with Crippen molar-refractivity contribution in [2.75, 3.05) is 7.05 Å². The van der Waals surface area contributed by atoms with E-state index >= 15 is 0 Å². The van der Waals surface area contributed by atoms with Crippen molar-refractivity contribution in [3.8, 4) is 0 Å². The first-order valence-corrected chi connectivity index (χ1v) is 7.91. The zero-order valence-corrected chi connectivity index (χ0v) is 13.4. The smallest absolute Gasteiger partial charge is 0.0931 e. The van der Waals surface area contributed by atoms with E-state index < -0.39 is 0 Å². The number of hydrogen-bond donors (Lipinski definition) is 1. The van der Waals surface area contributed by atoms with Gasteiger partial charge in [0.2, 0.25) is 0 Å². The minimum Gasteiger partial charge on any atom is -0.326 e. The minimum atomic E-state index is 0.0940. The molecule has 0 saturated heterocycles. The molecule has 0 saturated carbocycles. The molecule has 0 aromatic carbocycles. The molecule has 2 rings (SSSR count). The Balaban J connectivity index is 2.18. The van der Waals surface area contributed by atoms with Crippen molar-refractivity contribution in [2.45, 2.75) is 32.0 Å². The Bertz CT molecular complexity index is 529. The maximum atomic E-state index is 6.32. The van der Waals surface area contributed by atoms with E-state index in [1.54, 1.807) is 11.3 Å². The van der Waals surface area contributed by atoms with Crippen LogP contribution in [-0.2, 0) is 6.54 Å². The molecule has 2 heterocycles. The third-order valence-corrected chi connectivity index (χ3v) is 4.72. The van der Waals surface area contributed by atoms with Gasteiger partial charge >= 0.3 is 0 Å². The zero-order valence-electron chi connectivity index (χ0n) is 11.8. The lowest BCUT2D eigenvalue weighted by atomic mass is 10.0. The van der Waals surface area contributed by atoms with Crippen LogP contribution in [0.3, 0.4) is 0 Å². The number of thiophene rings is 1. The van der Waals surface area contributed by atoms with Gasteiger partial charge in [0.05, 0.1) is 10.4 Å². The summed E-state index contributed by atoms with van der Waals surface area (Å²) in [6, 6.07) is 8.37. The molecule has 0 aliphatic heterocycles. The molecule has 0 bridgehead atoms. The van der Waals surface area contributed by atoms with Gasteiger partial charge < -0.3 is 5.73 Å². The van der Waals surface area contributed by atoms with E-state index in [1.165, 1.54) is 10.4 Å². The summed E-state index contributed by atoms with van der Waals surface area (Å²) >= 11 is 7.68. The highest BCUT2D eigenvalue weighted by Gasteiger charge is 2.24. The number of nitrogens with two attached hydrogens (primary N) is 1. The van der Waals surface area contributed by atoms with E-state index in [4.69, 9.17) is 17.3 Å². The van der Waals surface area contributed by atoms with Crippen molar-refractivity contribution in [1.29, 1.82) is 0 Å². The Morgan fingerprint density at radius 3 is 2.55 bits per heavy atom. The fraction of sp³-hybridized carbons (Fsp3) is 0.400. The Morgan fingerprint density at radius 1 is 1.30 bits per heavy atom. The first-order valence-electron chi connectivity index (χ1n) is 6.71. The second kappa shape index (κ2) is 7.18. The van der Waals surface area contributed by atoms with Gasteiger partial charge in [-0.2, -0.15) is 0 Å². The van der Waals surface area contributed by atoms with Gasteiger partial charge in [-0.3, -0.25) is 9.88 Å². The molecule has 5 heteroatoms. The molecule has 2 aromatic heterocycles. The summed E-state index contributed by atoms with van der Waals surface area (Å²) in [6.07, 6.45) is 4.57. The van der Waals surface area contributed by atoms with Crippen LogP contribution in [0, 0.1) is 0 Å². The number of hydrogen-bond acceptors (Lipinski definition) is 4. The fourth-order valence-electron chi connectivity index (χ4n) is 2.34. The molecule has 2 aromatic rings. The number of rotatable bonds is 6. The predicted octanol–water partition coefficient (Wildman–Crippen LogP) is 3.71. The van der Waals surface area contributed by atoms with Gasteiger partial charge in [0, 0.05) is 29.9 Å². The van der Waals surface area contributed by atoms with Crippen molar-refractivity contribution < 1.29 is 0 Å². The van der Waals surface area contributed by atoms with Gasteiger partial charge in [-0.15, -0.1) is 11.3 Å². The summed E-state index contributed by atoms with van der Waals surface area (Å²) < 4.78 is 0.811. The van der Waals surface area contributed by atoms with Crippen LogP contribution in [0.2, 0.25) is 4.34 Å². The Kier molecular flexibility index (Phi) is 5.54. The summed E-state index contributed by atoms with van der Waals surface area (Å²) in [5, 5.41) is 0. The SMILES string of the molecule is CCC(N)C(c1ccc(Cl)s1)N(C)Cc1ccncc1. The topological polar surface area (TPSA) is 42.1 Å². The quantitative estimate of drug-likeness (QED) is 0.884. The fourth-order valence-corrected chi connectivity index (χ4v) is 3.64. The molecule has 2 N–H and O–H groups in total. The van der Waals surface area contributed by atoms with Gasteiger partial charge in [-0.1, -0.05) is 18.5 Å². The molecule has 0 radical (unpaired) electrons. The lowest BCUT2D eigenvalue weighted by molar-refractivity contribution is 0.205. The van der Waals surface area contributed by atoms with Gasteiger partial charge in [0.15, 0.2) is 0 Å². The van der Waals surface area contributed by atoms with Gasteiger partial charge in [-0.25, -0.2) is 0 Å². The average Bonchev–Trinajstić information content (AvgIpc) is 2.86.